The van der Waals surface area contributed by atoms with E-state index in [0.717, 1.165) is 18.8 Å². The first-order valence-electron chi connectivity index (χ1n) is 6.15. The zero-order chi connectivity index (χ0) is 13.5. The number of aryl methyl sites for hydroxylation is 1. The monoisotopic (exact) mass is 250 g/mol. The van der Waals surface area contributed by atoms with Crippen molar-refractivity contribution < 1.29 is 5.21 Å². The summed E-state index contributed by atoms with van der Waals surface area (Å²) in [6.45, 7) is 7.85. The van der Waals surface area contributed by atoms with Crippen molar-refractivity contribution in [1.29, 1.82) is 0 Å². The molecule has 0 saturated heterocycles. The molecule has 5 nitrogen and oxygen atoms in total. The Morgan fingerprint density at radius 1 is 1.56 bits per heavy atom. The molecule has 0 atom stereocenters. The highest BCUT2D eigenvalue weighted by atomic mass is 16.4. The van der Waals surface area contributed by atoms with Crippen LogP contribution in [-0.2, 0) is 6.54 Å². The van der Waals surface area contributed by atoms with Crippen molar-refractivity contribution in [2.75, 3.05) is 6.54 Å². The van der Waals surface area contributed by atoms with E-state index in [0.29, 0.717) is 12.5 Å². The summed E-state index contributed by atoms with van der Waals surface area (Å²) in [7, 11) is 0. The summed E-state index contributed by atoms with van der Waals surface area (Å²) >= 11 is 0. The van der Waals surface area contributed by atoms with Crippen molar-refractivity contribution in [3.8, 4) is 0 Å². The molecular weight excluding hydrogens is 228 g/mol. The molecule has 0 aromatic carbocycles. The second kappa shape index (κ2) is 6.96. The first-order chi connectivity index (χ1) is 8.54. The van der Waals surface area contributed by atoms with Crippen LogP contribution in [0.15, 0.2) is 23.5 Å². The molecule has 1 rings (SSSR count). The van der Waals surface area contributed by atoms with Gasteiger partial charge in [0.15, 0.2) is 0 Å². The molecule has 0 unspecified atom stereocenters. The normalized spacial score (nSPS) is 12.4. The minimum Gasteiger partial charge on any atom is -0.409 e. The van der Waals surface area contributed by atoms with Crippen LogP contribution >= 0.6 is 0 Å². The molecule has 3 N–H and O–H groups in total. The number of oxime groups is 1. The minimum atomic E-state index is 0.262. The molecule has 0 radical (unpaired) electrons. The van der Waals surface area contributed by atoms with Crippen LogP contribution in [0.25, 0.3) is 0 Å². The van der Waals surface area contributed by atoms with E-state index >= 15 is 0 Å². The van der Waals surface area contributed by atoms with Gasteiger partial charge in [0.2, 0.25) is 0 Å². The van der Waals surface area contributed by atoms with Crippen LogP contribution in [0, 0.1) is 6.92 Å². The lowest BCUT2D eigenvalue weighted by Gasteiger charge is -2.26. The van der Waals surface area contributed by atoms with Gasteiger partial charge in [-0.15, -0.1) is 0 Å². The maximum Gasteiger partial charge on any atom is 0.140 e. The van der Waals surface area contributed by atoms with E-state index in [-0.39, 0.29) is 5.84 Å². The van der Waals surface area contributed by atoms with Crippen molar-refractivity contribution in [1.82, 2.24) is 9.88 Å². The molecule has 0 aliphatic rings. The van der Waals surface area contributed by atoms with Gasteiger partial charge < -0.3 is 10.9 Å². The standard InChI is InChI=1S/C13H22N4O/c1-10(2)17(8-6-13(14)16-18)9-12-11(3)5-4-7-15-12/h4-5,7,10,18H,6,8-9H2,1-3H3,(H2,14,16). The smallest absolute Gasteiger partial charge is 0.140 e. The first-order valence-corrected chi connectivity index (χ1v) is 6.15. The molecule has 0 saturated carbocycles. The van der Waals surface area contributed by atoms with Crippen LogP contribution in [0.4, 0.5) is 0 Å². The number of hydrogen-bond acceptors (Lipinski definition) is 4. The number of pyridine rings is 1. The predicted octanol–water partition coefficient (Wildman–Crippen LogP) is 1.74. The minimum absolute atomic E-state index is 0.262. The third-order valence-electron chi connectivity index (χ3n) is 2.98. The number of rotatable bonds is 6. The second-order valence-corrected chi connectivity index (χ2v) is 4.67. The molecule has 0 aliphatic carbocycles. The second-order valence-electron chi connectivity index (χ2n) is 4.67. The number of nitrogens with zero attached hydrogens (tertiary/aromatic N) is 3. The number of amidine groups is 1. The van der Waals surface area contributed by atoms with Crippen LogP contribution < -0.4 is 5.73 Å². The van der Waals surface area contributed by atoms with Crippen molar-refractivity contribution in [2.45, 2.75) is 39.8 Å². The lowest BCUT2D eigenvalue weighted by molar-refractivity contribution is 0.215. The quantitative estimate of drug-likeness (QED) is 0.349. The van der Waals surface area contributed by atoms with E-state index in [4.69, 9.17) is 10.9 Å². The predicted molar refractivity (Wildman–Crippen MR) is 72.5 cm³/mol. The largest absolute Gasteiger partial charge is 0.409 e. The highest BCUT2D eigenvalue weighted by Gasteiger charge is 2.12. The summed E-state index contributed by atoms with van der Waals surface area (Å²) in [6, 6.07) is 4.39. The van der Waals surface area contributed by atoms with Gasteiger partial charge in [0.05, 0.1) is 5.69 Å². The Labute approximate surface area is 108 Å². The molecule has 0 fully saturated rings. The maximum absolute atomic E-state index is 8.55. The van der Waals surface area contributed by atoms with E-state index in [1.54, 1.807) is 0 Å². The van der Waals surface area contributed by atoms with E-state index in [1.807, 2.05) is 12.3 Å². The number of hydrogen-bond donors (Lipinski definition) is 2. The Kier molecular flexibility index (Phi) is 5.58. The zero-order valence-corrected chi connectivity index (χ0v) is 11.3. The SMILES string of the molecule is Cc1cccnc1CN(CC/C(N)=N/O)C(C)C. The maximum atomic E-state index is 8.55. The molecule has 5 heteroatoms. The molecule has 0 aliphatic heterocycles. The number of nitrogens with two attached hydrogens (primary N) is 1. The summed E-state index contributed by atoms with van der Waals surface area (Å²) < 4.78 is 0. The van der Waals surface area contributed by atoms with Crippen LogP contribution in [0.2, 0.25) is 0 Å². The van der Waals surface area contributed by atoms with Crippen molar-refractivity contribution in [3.63, 3.8) is 0 Å². The van der Waals surface area contributed by atoms with Crippen LogP contribution in [0.1, 0.15) is 31.5 Å². The lowest BCUT2D eigenvalue weighted by Crippen LogP contribution is -2.34. The summed E-state index contributed by atoms with van der Waals surface area (Å²) in [4.78, 5) is 6.65. The van der Waals surface area contributed by atoms with Gasteiger partial charge in [0, 0.05) is 31.7 Å². The van der Waals surface area contributed by atoms with E-state index in [9.17, 15) is 0 Å². The van der Waals surface area contributed by atoms with Gasteiger partial charge in [-0.25, -0.2) is 0 Å². The van der Waals surface area contributed by atoms with Crippen molar-refractivity contribution in [3.05, 3.63) is 29.6 Å². The highest BCUT2D eigenvalue weighted by Crippen LogP contribution is 2.10. The third kappa shape index (κ3) is 4.33. The molecule has 100 valence electrons. The van der Waals surface area contributed by atoms with E-state index in [2.05, 4.69) is 41.9 Å². The van der Waals surface area contributed by atoms with Crippen LogP contribution in [0.5, 0.6) is 0 Å². The van der Waals surface area contributed by atoms with Gasteiger partial charge >= 0.3 is 0 Å². The van der Waals surface area contributed by atoms with Crippen molar-refractivity contribution in [2.24, 2.45) is 10.9 Å². The molecule has 1 aromatic heterocycles. The molecule has 1 heterocycles. The van der Waals surface area contributed by atoms with Crippen molar-refractivity contribution >= 4 is 5.84 Å². The van der Waals surface area contributed by atoms with Gasteiger partial charge in [0.1, 0.15) is 5.84 Å². The summed E-state index contributed by atoms with van der Waals surface area (Å²) in [6.07, 6.45) is 2.37. The van der Waals surface area contributed by atoms with Gasteiger partial charge in [-0.05, 0) is 32.4 Å². The Morgan fingerprint density at radius 3 is 2.83 bits per heavy atom. The summed E-state index contributed by atoms with van der Waals surface area (Å²) in [5.41, 5.74) is 7.76. The summed E-state index contributed by atoms with van der Waals surface area (Å²) in [5.74, 6) is 0.262. The number of aromatic nitrogens is 1. The van der Waals surface area contributed by atoms with E-state index in [1.165, 1.54) is 5.56 Å². The van der Waals surface area contributed by atoms with Crippen LogP contribution in [-0.4, -0.2) is 33.5 Å². The fourth-order valence-electron chi connectivity index (χ4n) is 1.70. The topological polar surface area (TPSA) is 74.7 Å². The average molecular weight is 250 g/mol. The first kappa shape index (κ1) is 14.4. The van der Waals surface area contributed by atoms with Gasteiger partial charge in [0.25, 0.3) is 0 Å². The molecular formula is C13H22N4O. The van der Waals surface area contributed by atoms with Gasteiger partial charge in [-0.3, -0.25) is 9.88 Å². The van der Waals surface area contributed by atoms with E-state index < -0.39 is 0 Å². The highest BCUT2D eigenvalue weighted by molar-refractivity contribution is 5.79. The molecule has 1 aromatic rings. The third-order valence-corrected chi connectivity index (χ3v) is 2.98. The lowest BCUT2D eigenvalue weighted by atomic mass is 10.2. The Balaban J connectivity index is 2.66. The fourth-order valence-corrected chi connectivity index (χ4v) is 1.70. The molecule has 0 amide bonds. The Bertz CT molecular complexity index is 404. The molecule has 18 heavy (non-hydrogen) atoms. The van der Waals surface area contributed by atoms with Gasteiger partial charge in [-0.1, -0.05) is 11.2 Å². The summed E-state index contributed by atoms with van der Waals surface area (Å²) in [5, 5.41) is 11.5. The Morgan fingerprint density at radius 2 is 2.28 bits per heavy atom. The zero-order valence-electron chi connectivity index (χ0n) is 11.3. The van der Waals surface area contributed by atoms with Crippen LogP contribution in [0.3, 0.4) is 0 Å². The molecule has 0 spiro atoms. The fraction of sp³-hybridized carbons (Fsp3) is 0.538. The Hall–Kier alpha value is -1.62. The average Bonchev–Trinajstić information content (AvgIpc) is 2.35. The molecule has 0 bridgehead atoms. The van der Waals surface area contributed by atoms with Gasteiger partial charge in [-0.2, -0.15) is 0 Å².